The van der Waals surface area contributed by atoms with Gasteiger partial charge in [0.2, 0.25) is 15.6 Å². The van der Waals surface area contributed by atoms with Gasteiger partial charge in [-0.3, -0.25) is 14.9 Å². The number of carbonyl (C=O) groups is 1. The van der Waals surface area contributed by atoms with Crippen molar-refractivity contribution in [2.24, 2.45) is 0 Å². The topological polar surface area (TPSA) is 104 Å². The van der Waals surface area contributed by atoms with Crippen LogP contribution in [0.3, 0.4) is 0 Å². The fourth-order valence-corrected chi connectivity index (χ4v) is 3.37. The first kappa shape index (κ1) is 17.9. The van der Waals surface area contributed by atoms with E-state index in [-0.39, 0.29) is 17.3 Å². The minimum Gasteiger partial charge on any atom is -0.450 e. The molecule has 0 heterocycles. The number of Topliss-reactive ketones (excluding diaryl/α,β-unsaturated/α-hetero) is 1. The van der Waals surface area contributed by atoms with Gasteiger partial charge in [0.25, 0.3) is 0 Å². The number of aryl methyl sites for hydroxylation is 1. The Bertz CT molecular complexity index is 1020. The summed E-state index contributed by atoms with van der Waals surface area (Å²) in [4.78, 5) is 21.0. The zero-order valence-electron chi connectivity index (χ0n) is 13.0. The maximum Gasteiger partial charge on any atom is 0.341 e. The van der Waals surface area contributed by atoms with E-state index >= 15 is 0 Å². The molecule has 0 unspecified atom stereocenters. The molecule has 0 saturated carbocycles. The van der Waals surface area contributed by atoms with Gasteiger partial charge in [-0.25, -0.2) is 8.42 Å². The first-order valence-corrected chi connectivity index (χ1v) is 8.89. The minimum atomic E-state index is -4.97. The standard InChI is InChI=1S/C16H11F2NO6S/c17-16(18)26(23,24)11-3-6-15(13(8-11)19(21)22)25-10-2-4-12-9(7-10)1-5-14(12)20/h2-4,6-8,16H,1,5H2. The summed E-state index contributed by atoms with van der Waals surface area (Å²) in [5.41, 5.74) is 0.542. The summed E-state index contributed by atoms with van der Waals surface area (Å²) >= 11 is 0. The quantitative estimate of drug-likeness (QED) is 0.578. The molecular formula is C16H11F2NO6S. The predicted octanol–water partition coefficient (Wildman–Crippen LogP) is 3.51. The molecule has 0 bridgehead atoms. The number of hydrogen-bond donors (Lipinski definition) is 0. The number of ketones is 1. The Hall–Kier alpha value is -2.88. The molecular weight excluding hydrogens is 372 g/mol. The SMILES string of the molecule is O=C1CCc2cc(Oc3ccc(S(=O)(=O)C(F)F)cc3[N+](=O)[O-])ccc21. The summed E-state index contributed by atoms with van der Waals surface area (Å²) in [5, 5.41) is 11.2. The molecule has 0 atom stereocenters. The molecule has 0 N–H and O–H groups in total. The lowest BCUT2D eigenvalue weighted by atomic mass is 10.1. The van der Waals surface area contributed by atoms with Crippen molar-refractivity contribution in [2.45, 2.75) is 23.5 Å². The molecule has 1 aliphatic carbocycles. The fraction of sp³-hybridized carbons (Fsp3) is 0.188. The molecule has 2 aromatic carbocycles. The maximum atomic E-state index is 12.6. The maximum absolute atomic E-state index is 12.6. The van der Waals surface area contributed by atoms with Crippen molar-refractivity contribution in [1.82, 2.24) is 0 Å². The number of rotatable bonds is 5. The van der Waals surface area contributed by atoms with Crippen molar-refractivity contribution < 1.29 is 31.7 Å². The van der Waals surface area contributed by atoms with Gasteiger partial charge in [-0.15, -0.1) is 0 Å². The van der Waals surface area contributed by atoms with Crippen LogP contribution in [-0.4, -0.2) is 24.9 Å². The number of sulfone groups is 1. The van der Waals surface area contributed by atoms with Crippen LogP contribution in [0.4, 0.5) is 14.5 Å². The number of nitro groups is 1. The van der Waals surface area contributed by atoms with E-state index in [0.29, 0.717) is 24.5 Å². The van der Waals surface area contributed by atoms with Crippen molar-refractivity contribution in [3.8, 4) is 11.5 Å². The van der Waals surface area contributed by atoms with E-state index < -0.39 is 31.1 Å². The highest BCUT2D eigenvalue weighted by Crippen LogP contribution is 2.36. The van der Waals surface area contributed by atoms with E-state index in [1.807, 2.05) is 0 Å². The zero-order valence-corrected chi connectivity index (χ0v) is 13.8. The highest BCUT2D eigenvalue weighted by atomic mass is 32.2. The van der Waals surface area contributed by atoms with Crippen molar-refractivity contribution in [2.75, 3.05) is 0 Å². The fourth-order valence-electron chi connectivity index (χ4n) is 2.63. The lowest BCUT2D eigenvalue weighted by molar-refractivity contribution is -0.385. The first-order chi connectivity index (χ1) is 12.2. The number of nitrogens with zero attached hydrogens (tertiary/aromatic N) is 1. The second-order valence-corrected chi connectivity index (χ2v) is 7.45. The van der Waals surface area contributed by atoms with Crippen LogP contribution in [0.15, 0.2) is 41.3 Å². The largest absolute Gasteiger partial charge is 0.450 e. The number of nitro benzene ring substituents is 1. The van der Waals surface area contributed by atoms with Crippen molar-refractivity contribution in [3.05, 3.63) is 57.6 Å². The third-order valence-corrected chi connectivity index (χ3v) is 5.30. The van der Waals surface area contributed by atoms with Crippen molar-refractivity contribution >= 4 is 21.3 Å². The molecule has 26 heavy (non-hydrogen) atoms. The van der Waals surface area contributed by atoms with Crippen LogP contribution in [0.2, 0.25) is 0 Å². The van der Waals surface area contributed by atoms with Gasteiger partial charge in [0, 0.05) is 18.1 Å². The summed E-state index contributed by atoms with van der Waals surface area (Å²) in [5.74, 6) is -3.78. The van der Waals surface area contributed by atoms with Gasteiger partial charge >= 0.3 is 11.4 Å². The molecule has 0 spiro atoms. The van der Waals surface area contributed by atoms with E-state index in [2.05, 4.69) is 0 Å². The van der Waals surface area contributed by atoms with Gasteiger partial charge in [-0.05, 0) is 42.3 Å². The predicted molar refractivity (Wildman–Crippen MR) is 85.5 cm³/mol. The van der Waals surface area contributed by atoms with Crippen LogP contribution in [-0.2, 0) is 16.3 Å². The van der Waals surface area contributed by atoms with Gasteiger partial charge < -0.3 is 4.74 Å². The normalized spacial score (nSPS) is 13.7. The number of hydrogen-bond acceptors (Lipinski definition) is 6. The lowest BCUT2D eigenvalue weighted by Gasteiger charge is -2.09. The highest BCUT2D eigenvalue weighted by molar-refractivity contribution is 7.91. The van der Waals surface area contributed by atoms with Gasteiger partial charge in [-0.2, -0.15) is 8.78 Å². The Morgan fingerprint density at radius 2 is 1.85 bits per heavy atom. The van der Waals surface area contributed by atoms with Gasteiger partial charge in [-0.1, -0.05) is 0 Å². The smallest absolute Gasteiger partial charge is 0.341 e. The number of benzene rings is 2. The van der Waals surface area contributed by atoms with E-state index in [1.54, 1.807) is 12.1 Å². The van der Waals surface area contributed by atoms with Crippen LogP contribution in [0, 0.1) is 10.1 Å². The molecule has 0 saturated heterocycles. The average Bonchev–Trinajstić information content (AvgIpc) is 2.95. The third kappa shape index (κ3) is 3.15. The molecule has 10 heteroatoms. The van der Waals surface area contributed by atoms with E-state index in [0.717, 1.165) is 17.7 Å². The highest BCUT2D eigenvalue weighted by Gasteiger charge is 2.30. The Morgan fingerprint density at radius 3 is 2.50 bits per heavy atom. The molecule has 136 valence electrons. The summed E-state index contributed by atoms with van der Waals surface area (Å²) in [7, 11) is -4.97. The van der Waals surface area contributed by atoms with Crippen LogP contribution >= 0.6 is 0 Å². The van der Waals surface area contributed by atoms with Crippen LogP contribution < -0.4 is 4.74 Å². The minimum absolute atomic E-state index is 0.000843. The Labute approximate surface area is 146 Å². The number of carbonyl (C=O) groups excluding carboxylic acids is 1. The number of halogens is 2. The monoisotopic (exact) mass is 383 g/mol. The number of ether oxygens (including phenoxy) is 1. The molecule has 0 radical (unpaired) electrons. The van der Waals surface area contributed by atoms with Crippen LogP contribution in [0.1, 0.15) is 22.3 Å². The summed E-state index contributed by atoms with van der Waals surface area (Å²) in [6.45, 7) is 0. The first-order valence-electron chi connectivity index (χ1n) is 7.34. The van der Waals surface area contributed by atoms with E-state index in [4.69, 9.17) is 4.74 Å². The van der Waals surface area contributed by atoms with E-state index in [9.17, 15) is 32.1 Å². The molecule has 0 fully saturated rings. The second-order valence-electron chi connectivity index (χ2n) is 5.54. The molecule has 0 aromatic heterocycles. The van der Waals surface area contributed by atoms with Gasteiger partial charge in [0.05, 0.1) is 9.82 Å². The molecule has 0 aliphatic heterocycles. The van der Waals surface area contributed by atoms with Gasteiger partial charge in [0.15, 0.2) is 5.78 Å². The summed E-state index contributed by atoms with van der Waals surface area (Å²) < 4.78 is 53.6. The molecule has 0 amide bonds. The zero-order chi connectivity index (χ0) is 19.1. The third-order valence-electron chi connectivity index (χ3n) is 3.92. The average molecular weight is 383 g/mol. The molecule has 7 nitrogen and oxygen atoms in total. The van der Waals surface area contributed by atoms with Crippen LogP contribution in [0.25, 0.3) is 0 Å². The molecule has 3 rings (SSSR count). The van der Waals surface area contributed by atoms with Crippen molar-refractivity contribution in [1.29, 1.82) is 0 Å². The molecule has 1 aliphatic rings. The summed E-state index contributed by atoms with van der Waals surface area (Å²) in [6.07, 6.45) is 0.901. The Balaban J connectivity index is 1.98. The van der Waals surface area contributed by atoms with Crippen LogP contribution in [0.5, 0.6) is 11.5 Å². The van der Waals surface area contributed by atoms with Gasteiger partial charge in [0.1, 0.15) is 5.75 Å². The Morgan fingerprint density at radius 1 is 1.12 bits per heavy atom. The molecule has 2 aromatic rings. The van der Waals surface area contributed by atoms with Crippen molar-refractivity contribution in [3.63, 3.8) is 0 Å². The second kappa shape index (κ2) is 6.45. The lowest BCUT2D eigenvalue weighted by Crippen LogP contribution is -2.11. The Kier molecular flexibility index (Phi) is 4.45. The number of alkyl halides is 2. The van der Waals surface area contributed by atoms with E-state index in [1.165, 1.54) is 6.07 Å². The summed E-state index contributed by atoms with van der Waals surface area (Å²) in [6, 6.07) is 6.87. The number of fused-ring (bicyclic) bond motifs is 1.